The number of rotatable bonds is 2. The van der Waals surface area contributed by atoms with Crippen LogP contribution in [0.15, 0.2) is 23.4 Å². The van der Waals surface area contributed by atoms with Gasteiger partial charge in [-0.15, -0.1) is 0 Å². The molecule has 1 atom stereocenters. The Balaban J connectivity index is 1.85. The molecule has 104 valence electrons. The minimum atomic E-state index is -3.62. The van der Waals surface area contributed by atoms with E-state index in [0.717, 1.165) is 38.2 Å². The fourth-order valence-corrected chi connectivity index (χ4v) is 4.31. The summed E-state index contributed by atoms with van der Waals surface area (Å²) in [4.78, 5) is 5.89. The van der Waals surface area contributed by atoms with Crippen LogP contribution in [0.5, 0.6) is 0 Å². The molecule has 0 spiro atoms. The SMILES string of the molecule is O=S(=O)(c1cncc(F)c1)N1CCN2CCC[C@@H]2C1. The molecule has 0 amide bonds. The Hall–Kier alpha value is -1.05. The molecule has 2 aliphatic rings. The van der Waals surface area contributed by atoms with Crippen molar-refractivity contribution in [3.05, 3.63) is 24.3 Å². The molecule has 2 aliphatic heterocycles. The molecule has 0 radical (unpaired) electrons. The summed E-state index contributed by atoms with van der Waals surface area (Å²) in [5, 5.41) is 0. The molecule has 19 heavy (non-hydrogen) atoms. The maximum atomic E-state index is 13.1. The number of halogens is 1. The van der Waals surface area contributed by atoms with Crippen LogP contribution < -0.4 is 0 Å². The average molecular weight is 285 g/mol. The van der Waals surface area contributed by atoms with Gasteiger partial charge in [0.2, 0.25) is 10.0 Å². The van der Waals surface area contributed by atoms with Crippen molar-refractivity contribution in [2.24, 2.45) is 0 Å². The van der Waals surface area contributed by atoms with Crippen LogP contribution >= 0.6 is 0 Å². The molecule has 5 nitrogen and oxygen atoms in total. The van der Waals surface area contributed by atoms with E-state index < -0.39 is 15.8 Å². The lowest BCUT2D eigenvalue weighted by Gasteiger charge is -2.36. The molecule has 7 heteroatoms. The molecule has 0 aromatic carbocycles. The van der Waals surface area contributed by atoms with Gasteiger partial charge in [0.25, 0.3) is 0 Å². The van der Waals surface area contributed by atoms with Crippen LogP contribution in [0.25, 0.3) is 0 Å². The zero-order chi connectivity index (χ0) is 13.5. The molecule has 2 saturated heterocycles. The van der Waals surface area contributed by atoms with Gasteiger partial charge in [-0.2, -0.15) is 4.31 Å². The van der Waals surface area contributed by atoms with Gasteiger partial charge in [0.05, 0.1) is 6.20 Å². The molecule has 0 aliphatic carbocycles. The number of aromatic nitrogens is 1. The van der Waals surface area contributed by atoms with Crippen molar-refractivity contribution in [3.63, 3.8) is 0 Å². The maximum Gasteiger partial charge on any atom is 0.244 e. The average Bonchev–Trinajstić information content (AvgIpc) is 2.85. The van der Waals surface area contributed by atoms with Gasteiger partial charge >= 0.3 is 0 Å². The summed E-state index contributed by atoms with van der Waals surface area (Å²) in [6.07, 6.45) is 4.38. The van der Waals surface area contributed by atoms with Crippen LogP contribution in [0.3, 0.4) is 0 Å². The number of nitrogens with zero attached hydrogens (tertiary/aromatic N) is 3. The second-order valence-corrected chi connectivity index (χ2v) is 6.97. The van der Waals surface area contributed by atoms with Crippen molar-refractivity contribution in [2.45, 2.75) is 23.8 Å². The van der Waals surface area contributed by atoms with Crippen LogP contribution in [0, 0.1) is 5.82 Å². The van der Waals surface area contributed by atoms with Crippen LogP contribution in [0.1, 0.15) is 12.8 Å². The van der Waals surface area contributed by atoms with E-state index in [2.05, 4.69) is 9.88 Å². The van der Waals surface area contributed by atoms with Gasteiger partial charge < -0.3 is 0 Å². The molecular formula is C12H16FN3O2S. The van der Waals surface area contributed by atoms with E-state index in [1.165, 1.54) is 10.5 Å². The maximum absolute atomic E-state index is 13.1. The van der Waals surface area contributed by atoms with Crippen molar-refractivity contribution in [3.8, 4) is 0 Å². The molecular weight excluding hydrogens is 269 g/mol. The van der Waals surface area contributed by atoms with Crippen molar-refractivity contribution >= 4 is 10.0 Å². The lowest BCUT2D eigenvalue weighted by molar-refractivity contribution is 0.158. The van der Waals surface area contributed by atoms with E-state index in [9.17, 15) is 12.8 Å². The Labute approximate surface area is 112 Å². The molecule has 3 heterocycles. The van der Waals surface area contributed by atoms with E-state index in [4.69, 9.17) is 0 Å². The topological polar surface area (TPSA) is 53.5 Å². The monoisotopic (exact) mass is 285 g/mol. The van der Waals surface area contributed by atoms with E-state index in [1.807, 2.05) is 0 Å². The minimum Gasteiger partial charge on any atom is -0.298 e. The molecule has 0 saturated carbocycles. The highest BCUT2D eigenvalue weighted by Crippen LogP contribution is 2.25. The summed E-state index contributed by atoms with van der Waals surface area (Å²) >= 11 is 0. The van der Waals surface area contributed by atoms with Gasteiger partial charge in [-0.1, -0.05) is 0 Å². The first-order valence-electron chi connectivity index (χ1n) is 6.42. The summed E-state index contributed by atoms with van der Waals surface area (Å²) in [5.74, 6) is -0.624. The Morgan fingerprint density at radius 2 is 2.11 bits per heavy atom. The number of pyridine rings is 1. The van der Waals surface area contributed by atoms with Gasteiger partial charge in [0, 0.05) is 31.9 Å². The third-order valence-corrected chi connectivity index (χ3v) is 5.70. The number of hydrogen-bond acceptors (Lipinski definition) is 4. The Morgan fingerprint density at radius 1 is 1.26 bits per heavy atom. The number of fused-ring (bicyclic) bond motifs is 1. The van der Waals surface area contributed by atoms with Crippen LogP contribution in [0.2, 0.25) is 0 Å². The first kappa shape index (κ1) is 13.0. The summed E-state index contributed by atoms with van der Waals surface area (Å²) in [7, 11) is -3.62. The first-order chi connectivity index (χ1) is 9.07. The highest BCUT2D eigenvalue weighted by molar-refractivity contribution is 7.89. The second-order valence-electron chi connectivity index (χ2n) is 5.03. The van der Waals surface area contributed by atoms with Crippen molar-refractivity contribution in [1.82, 2.24) is 14.2 Å². The highest BCUT2D eigenvalue weighted by Gasteiger charge is 2.36. The van der Waals surface area contributed by atoms with E-state index in [1.54, 1.807) is 0 Å². The van der Waals surface area contributed by atoms with Gasteiger partial charge in [-0.25, -0.2) is 12.8 Å². The highest BCUT2D eigenvalue weighted by atomic mass is 32.2. The molecule has 0 unspecified atom stereocenters. The first-order valence-corrected chi connectivity index (χ1v) is 7.86. The van der Waals surface area contributed by atoms with Crippen LogP contribution in [-0.4, -0.2) is 54.8 Å². The fraction of sp³-hybridized carbons (Fsp3) is 0.583. The van der Waals surface area contributed by atoms with E-state index in [-0.39, 0.29) is 4.90 Å². The normalized spacial score (nSPS) is 25.4. The number of sulfonamides is 1. The molecule has 1 aromatic heterocycles. The predicted molar refractivity (Wildman–Crippen MR) is 67.5 cm³/mol. The van der Waals surface area contributed by atoms with E-state index >= 15 is 0 Å². The number of hydrogen-bond donors (Lipinski definition) is 0. The summed E-state index contributed by atoms with van der Waals surface area (Å²) in [6, 6.07) is 1.34. The Morgan fingerprint density at radius 3 is 2.89 bits per heavy atom. The van der Waals surface area contributed by atoms with Gasteiger partial charge in [0.15, 0.2) is 0 Å². The largest absolute Gasteiger partial charge is 0.298 e. The lowest BCUT2D eigenvalue weighted by Crippen LogP contribution is -2.51. The third-order valence-electron chi connectivity index (χ3n) is 3.87. The minimum absolute atomic E-state index is 0.0565. The second kappa shape index (κ2) is 4.81. The summed E-state index contributed by atoms with van der Waals surface area (Å²) in [6.45, 7) is 2.78. The molecule has 0 N–H and O–H groups in total. The Kier molecular flexibility index (Phi) is 3.28. The number of piperazine rings is 1. The fourth-order valence-electron chi connectivity index (χ4n) is 2.86. The van der Waals surface area contributed by atoms with Crippen LogP contribution in [-0.2, 0) is 10.0 Å². The molecule has 3 rings (SSSR count). The third kappa shape index (κ3) is 2.37. The van der Waals surface area contributed by atoms with E-state index in [0.29, 0.717) is 19.1 Å². The lowest BCUT2D eigenvalue weighted by atomic mass is 10.2. The van der Waals surface area contributed by atoms with Gasteiger partial charge in [-0.3, -0.25) is 9.88 Å². The van der Waals surface area contributed by atoms with Crippen molar-refractivity contribution in [1.29, 1.82) is 0 Å². The van der Waals surface area contributed by atoms with Crippen molar-refractivity contribution in [2.75, 3.05) is 26.2 Å². The summed E-state index contributed by atoms with van der Waals surface area (Å²) < 4.78 is 39.4. The Bertz CT molecular complexity index is 578. The van der Waals surface area contributed by atoms with Gasteiger partial charge in [0.1, 0.15) is 10.7 Å². The molecule has 0 bridgehead atoms. The quantitative estimate of drug-likeness (QED) is 0.802. The zero-order valence-corrected chi connectivity index (χ0v) is 11.3. The smallest absolute Gasteiger partial charge is 0.244 e. The summed E-state index contributed by atoms with van der Waals surface area (Å²) in [5.41, 5.74) is 0. The van der Waals surface area contributed by atoms with Gasteiger partial charge in [-0.05, 0) is 25.5 Å². The molecule has 1 aromatic rings. The van der Waals surface area contributed by atoms with Crippen molar-refractivity contribution < 1.29 is 12.8 Å². The van der Waals surface area contributed by atoms with Crippen LogP contribution in [0.4, 0.5) is 4.39 Å². The zero-order valence-electron chi connectivity index (χ0n) is 10.5. The standard InChI is InChI=1S/C12H16FN3O2S/c13-10-6-12(8-14-7-10)19(17,18)16-5-4-15-3-1-2-11(15)9-16/h6-8,11H,1-5,9H2/t11-/m1/s1. The predicted octanol–water partition coefficient (Wildman–Crippen LogP) is 0.689. The molecule has 2 fully saturated rings.